The lowest BCUT2D eigenvalue weighted by atomic mass is 9.96. The van der Waals surface area contributed by atoms with Gasteiger partial charge >= 0.3 is 0 Å². The summed E-state index contributed by atoms with van der Waals surface area (Å²) in [6, 6.07) is 19.4. The first-order chi connectivity index (χ1) is 16.0. The second-order valence-corrected chi connectivity index (χ2v) is 9.10. The maximum atomic E-state index is 13.9. The lowest BCUT2D eigenvalue weighted by Crippen LogP contribution is -2.40. The number of piperidine rings is 1. The Hall–Kier alpha value is -3.44. The van der Waals surface area contributed by atoms with Crippen LogP contribution in [0.1, 0.15) is 29.5 Å². The molecule has 0 aliphatic carbocycles. The molecular formula is C28H28N2O3. The minimum Gasteiger partial charge on any atom is -0.396 e. The Morgan fingerprint density at radius 2 is 1.73 bits per heavy atom. The van der Waals surface area contributed by atoms with E-state index in [1.807, 2.05) is 79.4 Å². The van der Waals surface area contributed by atoms with Crippen LogP contribution >= 0.6 is 0 Å². The Morgan fingerprint density at radius 3 is 2.52 bits per heavy atom. The van der Waals surface area contributed by atoms with Crippen molar-refractivity contribution in [2.75, 3.05) is 24.6 Å². The van der Waals surface area contributed by atoms with Gasteiger partial charge in [0.25, 0.3) is 11.8 Å². The molecule has 1 N–H and O–H groups in total. The standard InChI is InChI=1S/C28H28N2O3/c1-18-12-13-22(15-19(18)2)25-26(29-14-6-7-20(16-29)17-31)28(33)30(27(25)32)24-11-5-9-21-8-3-4-10-23(21)24/h3-5,8-13,15,20,31H,6-7,14,16-17H2,1-2H3. The minimum absolute atomic E-state index is 0.0813. The lowest BCUT2D eigenvalue weighted by Gasteiger charge is -2.34. The van der Waals surface area contributed by atoms with E-state index in [1.54, 1.807) is 0 Å². The minimum atomic E-state index is -0.291. The number of carbonyl (C=O) groups excluding carboxylic acids is 2. The lowest BCUT2D eigenvalue weighted by molar-refractivity contribution is -0.120. The SMILES string of the molecule is Cc1ccc(C2=C(N3CCCC(CO)C3)C(=O)N(c3cccc4ccccc34)C2=O)cc1C. The van der Waals surface area contributed by atoms with Crippen molar-refractivity contribution < 1.29 is 14.7 Å². The smallest absolute Gasteiger partial charge is 0.282 e. The third kappa shape index (κ3) is 3.62. The molecular weight excluding hydrogens is 412 g/mol. The van der Waals surface area contributed by atoms with Crippen LogP contribution in [0.4, 0.5) is 5.69 Å². The number of aliphatic hydroxyl groups is 1. The van der Waals surface area contributed by atoms with Crippen LogP contribution in [-0.4, -0.2) is 41.5 Å². The molecule has 5 nitrogen and oxygen atoms in total. The van der Waals surface area contributed by atoms with Crippen molar-refractivity contribution in [1.29, 1.82) is 0 Å². The van der Waals surface area contributed by atoms with E-state index in [0.29, 0.717) is 30.0 Å². The number of amides is 2. The average molecular weight is 441 g/mol. The number of anilines is 1. The number of aryl methyl sites for hydroxylation is 2. The van der Waals surface area contributed by atoms with Gasteiger partial charge in [0.2, 0.25) is 0 Å². The van der Waals surface area contributed by atoms with Crippen molar-refractivity contribution in [2.24, 2.45) is 5.92 Å². The monoisotopic (exact) mass is 440 g/mol. The van der Waals surface area contributed by atoms with E-state index in [4.69, 9.17) is 0 Å². The Balaban J connectivity index is 1.67. The summed E-state index contributed by atoms with van der Waals surface area (Å²) < 4.78 is 0. The van der Waals surface area contributed by atoms with Crippen molar-refractivity contribution in [2.45, 2.75) is 26.7 Å². The maximum absolute atomic E-state index is 13.9. The number of aliphatic hydroxyl groups excluding tert-OH is 1. The summed E-state index contributed by atoms with van der Waals surface area (Å²) >= 11 is 0. The highest BCUT2D eigenvalue weighted by Gasteiger charge is 2.43. The number of benzene rings is 3. The zero-order chi connectivity index (χ0) is 23.1. The molecule has 1 atom stereocenters. The average Bonchev–Trinajstić information content (AvgIpc) is 3.10. The molecule has 168 valence electrons. The normalized spacial score (nSPS) is 19.2. The highest BCUT2D eigenvalue weighted by Crippen LogP contribution is 2.39. The fourth-order valence-corrected chi connectivity index (χ4v) is 5.01. The van der Waals surface area contributed by atoms with Gasteiger partial charge in [-0.2, -0.15) is 0 Å². The predicted octanol–water partition coefficient (Wildman–Crippen LogP) is 4.45. The van der Waals surface area contributed by atoms with Gasteiger partial charge < -0.3 is 10.0 Å². The van der Waals surface area contributed by atoms with Gasteiger partial charge in [0.15, 0.2) is 0 Å². The van der Waals surface area contributed by atoms with Gasteiger partial charge in [-0.15, -0.1) is 0 Å². The molecule has 1 saturated heterocycles. The zero-order valence-electron chi connectivity index (χ0n) is 19.0. The molecule has 2 amide bonds. The summed E-state index contributed by atoms with van der Waals surface area (Å²) in [5.74, 6) is -0.481. The van der Waals surface area contributed by atoms with Gasteiger partial charge in [0.1, 0.15) is 5.70 Å². The number of rotatable bonds is 4. The van der Waals surface area contributed by atoms with Crippen molar-refractivity contribution in [1.82, 2.24) is 4.90 Å². The van der Waals surface area contributed by atoms with Gasteiger partial charge in [-0.1, -0.05) is 54.6 Å². The Kier molecular flexibility index (Phi) is 5.51. The van der Waals surface area contributed by atoms with Crippen LogP contribution in [0.25, 0.3) is 16.3 Å². The van der Waals surface area contributed by atoms with Crippen molar-refractivity contribution in [3.05, 3.63) is 83.1 Å². The van der Waals surface area contributed by atoms with Crippen LogP contribution in [0.2, 0.25) is 0 Å². The van der Waals surface area contributed by atoms with Crippen LogP contribution < -0.4 is 4.90 Å². The zero-order valence-corrected chi connectivity index (χ0v) is 19.0. The first-order valence-electron chi connectivity index (χ1n) is 11.5. The molecule has 1 fully saturated rings. The van der Waals surface area contributed by atoms with E-state index in [9.17, 15) is 14.7 Å². The summed E-state index contributed by atoms with van der Waals surface area (Å²) in [5, 5.41) is 11.6. The number of hydrogen-bond donors (Lipinski definition) is 1. The number of likely N-dealkylation sites (tertiary alicyclic amines) is 1. The number of carbonyl (C=O) groups is 2. The molecule has 0 bridgehead atoms. The van der Waals surface area contributed by atoms with Gasteiger partial charge in [0, 0.05) is 25.1 Å². The molecule has 0 radical (unpaired) electrons. The molecule has 2 aliphatic heterocycles. The first kappa shape index (κ1) is 21.4. The van der Waals surface area contributed by atoms with Crippen LogP contribution in [0, 0.1) is 19.8 Å². The van der Waals surface area contributed by atoms with Gasteiger partial charge in [0.05, 0.1) is 11.3 Å². The highest BCUT2D eigenvalue weighted by atomic mass is 16.3. The van der Waals surface area contributed by atoms with E-state index in [1.165, 1.54) is 4.90 Å². The molecule has 0 saturated carbocycles. The van der Waals surface area contributed by atoms with Gasteiger partial charge in [-0.05, 0) is 60.7 Å². The summed E-state index contributed by atoms with van der Waals surface area (Å²) in [5.41, 5.74) is 4.50. The number of hydrogen-bond acceptors (Lipinski definition) is 4. The number of nitrogens with zero attached hydrogens (tertiary/aromatic N) is 2. The molecule has 1 unspecified atom stereocenters. The van der Waals surface area contributed by atoms with E-state index in [0.717, 1.165) is 40.3 Å². The molecule has 5 rings (SSSR count). The number of imide groups is 1. The molecule has 2 aliphatic rings. The molecule has 3 aromatic rings. The third-order valence-electron chi connectivity index (χ3n) is 6.96. The fraction of sp³-hybridized carbons (Fsp3) is 0.286. The summed E-state index contributed by atoms with van der Waals surface area (Å²) in [6.45, 7) is 5.41. The van der Waals surface area contributed by atoms with E-state index in [2.05, 4.69) is 0 Å². The molecule has 0 aromatic heterocycles. The van der Waals surface area contributed by atoms with Gasteiger partial charge in [-0.25, -0.2) is 4.90 Å². The first-order valence-corrected chi connectivity index (χ1v) is 11.5. The summed E-state index contributed by atoms with van der Waals surface area (Å²) in [4.78, 5) is 31.2. The quantitative estimate of drug-likeness (QED) is 0.609. The second kappa shape index (κ2) is 8.49. The van der Waals surface area contributed by atoms with E-state index >= 15 is 0 Å². The topological polar surface area (TPSA) is 60.9 Å². The van der Waals surface area contributed by atoms with E-state index in [-0.39, 0.29) is 24.3 Å². The van der Waals surface area contributed by atoms with Crippen LogP contribution in [0.15, 0.2) is 66.4 Å². The highest BCUT2D eigenvalue weighted by molar-refractivity contribution is 6.46. The molecule has 0 spiro atoms. The van der Waals surface area contributed by atoms with Crippen LogP contribution in [-0.2, 0) is 9.59 Å². The van der Waals surface area contributed by atoms with Crippen molar-refractivity contribution in [3.8, 4) is 0 Å². The Bertz CT molecular complexity index is 1290. The molecule has 5 heteroatoms. The van der Waals surface area contributed by atoms with Crippen molar-refractivity contribution >= 4 is 33.8 Å². The summed E-state index contributed by atoms with van der Waals surface area (Å²) in [7, 11) is 0. The summed E-state index contributed by atoms with van der Waals surface area (Å²) in [6.07, 6.45) is 1.80. The van der Waals surface area contributed by atoms with Crippen LogP contribution in [0.5, 0.6) is 0 Å². The molecule has 3 aromatic carbocycles. The van der Waals surface area contributed by atoms with Crippen molar-refractivity contribution in [3.63, 3.8) is 0 Å². The Labute approximate surface area is 193 Å². The van der Waals surface area contributed by atoms with E-state index < -0.39 is 0 Å². The predicted molar refractivity (Wildman–Crippen MR) is 131 cm³/mol. The number of fused-ring (bicyclic) bond motifs is 1. The maximum Gasteiger partial charge on any atom is 0.282 e. The van der Waals surface area contributed by atoms with Crippen LogP contribution in [0.3, 0.4) is 0 Å². The second-order valence-electron chi connectivity index (χ2n) is 9.10. The Morgan fingerprint density at radius 1 is 0.939 bits per heavy atom. The molecule has 2 heterocycles. The third-order valence-corrected chi connectivity index (χ3v) is 6.96. The fourth-order valence-electron chi connectivity index (χ4n) is 5.01. The largest absolute Gasteiger partial charge is 0.396 e. The molecule has 33 heavy (non-hydrogen) atoms. The van der Waals surface area contributed by atoms with Gasteiger partial charge in [-0.3, -0.25) is 9.59 Å².